The van der Waals surface area contributed by atoms with Gasteiger partial charge in [-0.2, -0.15) is 5.26 Å². The number of hydrogen-bond acceptors (Lipinski definition) is 5. The van der Waals surface area contributed by atoms with Gasteiger partial charge in [-0.3, -0.25) is 0 Å². The van der Waals surface area contributed by atoms with Gasteiger partial charge in [-0.15, -0.1) is 0 Å². The van der Waals surface area contributed by atoms with E-state index in [1.807, 2.05) is 6.07 Å². The number of nitriles is 1. The van der Waals surface area contributed by atoms with Crippen LogP contribution in [0.5, 0.6) is 0 Å². The molecule has 5 heteroatoms. The quantitative estimate of drug-likeness (QED) is 0.869. The molecule has 2 aromatic heterocycles. The minimum Gasteiger partial charge on any atom is -0.371 e. The lowest BCUT2D eigenvalue weighted by Crippen LogP contribution is -2.33. The Kier molecular flexibility index (Phi) is 4.29. The van der Waals surface area contributed by atoms with Gasteiger partial charge in [0.25, 0.3) is 0 Å². The van der Waals surface area contributed by atoms with Crippen molar-refractivity contribution in [3.8, 4) is 17.2 Å². The van der Waals surface area contributed by atoms with Gasteiger partial charge in [0.15, 0.2) is 0 Å². The second kappa shape index (κ2) is 6.52. The smallest absolute Gasteiger partial charge is 0.150 e. The van der Waals surface area contributed by atoms with E-state index in [1.165, 1.54) is 38.4 Å². The maximum atomic E-state index is 9.42. The van der Waals surface area contributed by atoms with Gasteiger partial charge in [-0.05, 0) is 18.9 Å². The molecule has 0 radical (unpaired) electrons. The topological polar surface area (TPSA) is 65.7 Å². The Morgan fingerprint density at radius 2 is 1.91 bits per heavy atom. The van der Waals surface area contributed by atoms with Gasteiger partial charge in [0.05, 0.1) is 0 Å². The highest BCUT2D eigenvalue weighted by molar-refractivity contribution is 5.81. The van der Waals surface area contributed by atoms with E-state index in [-0.39, 0.29) is 0 Å². The Balaban J connectivity index is 2.06. The fourth-order valence-corrected chi connectivity index (χ4v) is 3.21. The Hall–Kier alpha value is -2.48. The number of rotatable bonds is 3. The van der Waals surface area contributed by atoms with Crippen molar-refractivity contribution in [1.29, 1.82) is 5.26 Å². The molecule has 0 spiro atoms. The Morgan fingerprint density at radius 3 is 2.59 bits per heavy atom. The first-order valence-electron chi connectivity index (χ1n) is 7.68. The summed E-state index contributed by atoms with van der Waals surface area (Å²) in [6.07, 6.45) is 13.0. The van der Waals surface area contributed by atoms with Gasteiger partial charge >= 0.3 is 0 Å². The van der Waals surface area contributed by atoms with Crippen molar-refractivity contribution in [2.75, 3.05) is 11.9 Å². The van der Waals surface area contributed by atoms with E-state index in [4.69, 9.17) is 0 Å². The van der Waals surface area contributed by atoms with Crippen LogP contribution in [-0.4, -0.2) is 28.0 Å². The van der Waals surface area contributed by atoms with E-state index in [0.717, 1.165) is 16.8 Å². The highest BCUT2D eigenvalue weighted by atomic mass is 15.1. The first kappa shape index (κ1) is 14.5. The second-order valence-corrected chi connectivity index (χ2v) is 5.70. The minimum atomic E-state index is 0.426. The van der Waals surface area contributed by atoms with E-state index < -0.39 is 0 Å². The molecular weight excluding hydrogens is 274 g/mol. The summed E-state index contributed by atoms with van der Waals surface area (Å²) < 4.78 is 0. The first-order valence-corrected chi connectivity index (χ1v) is 7.68. The van der Waals surface area contributed by atoms with E-state index in [0.29, 0.717) is 11.7 Å². The van der Waals surface area contributed by atoms with Crippen LogP contribution in [0.15, 0.2) is 31.0 Å². The summed E-state index contributed by atoms with van der Waals surface area (Å²) in [5, 5.41) is 9.42. The third-order valence-electron chi connectivity index (χ3n) is 4.39. The van der Waals surface area contributed by atoms with Crippen molar-refractivity contribution < 1.29 is 0 Å². The lowest BCUT2D eigenvalue weighted by molar-refractivity contribution is 0.428. The minimum absolute atomic E-state index is 0.426. The third kappa shape index (κ3) is 2.77. The Bertz CT molecular complexity index is 671. The Labute approximate surface area is 130 Å². The van der Waals surface area contributed by atoms with Crippen LogP contribution in [0.3, 0.4) is 0 Å². The fraction of sp³-hybridized carbons (Fsp3) is 0.412. The van der Waals surface area contributed by atoms with Crippen molar-refractivity contribution in [1.82, 2.24) is 15.0 Å². The first-order chi connectivity index (χ1) is 10.8. The zero-order valence-corrected chi connectivity index (χ0v) is 12.7. The molecule has 0 N–H and O–H groups in total. The summed E-state index contributed by atoms with van der Waals surface area (Å²) in [5.41, 5.74) is 3.13. The maximum Gasteiger partial charge on any atom is 0.150 e. The molecule has 22 heavy (non-hydrogen) atoms. The van der Waals surface area contributed by atoms with Crippen LogP contribution in [0.25, 0.3) is 11.1 Å². The second-order valence-electron chi connectivity index (χ2n) is 5.70. The van der Waals surface area contributed by atoms with Crippen LogP contribution in [0.1, 0.15) is 37.8 Å². The van der Waals surface area contributed by atoms with E-state index in [2.05, 4.69) is 33.0 Å². The van der Waals surface area contributed by atoms with Crippen molar-refractivity contribution >= 4 is 5.69 Å². The molecule has 1 fully saturated rings. The van der Waals surface area contributed by atoms with E-state index in [1.54, 1.807) is 18.6 Å². The lowest BCUT2D eigenvalue weighted by atomic mass is 9.93. The summed E-state index contributed by atoms with van der Waals surface area (Å²) in [4.78, 5) is 14.7. The molecule has 2 aromatic rings. The molecule has 2 heterocycles. The van der Waals surface area contributed by atoms with Gasteiger partial charge in [0.1, 0.15) is 18.1 Å². The number of anilines is 1. The molecular formula is C17H19N5. The number of nitrogens with zero attached hydrogens (tertiary/aromatic N) is 5. The molecule has 1 aliphatic carbocycles. The highest BCUT2D eigenvalue weighted by Gasteiger charge is 2.22. The average Bonchev–Trinajstić information content (AvgIpc) is 2.62. The summed E-state index contributed by atoms with van der Waals surface area (Å²) in [7, 11) is 2.11. The van der Waals surface area contributed by atoms with Gasteiger partial charge in [-0.25, -0.2) is 15.0 Å². The van der Waals surface area contributed by atoms with Crippen molar-refractivity contribution in [3.05, 3.63) is 36.7 Å². The van der Waals surface area contributed by atoms with Crippen LogP contribution >= 0.6 is 0 Å². The van der Waals surface area contributed by atoms with Crippen LogP contribution in [-0.2, 0) is 0 Å². The molecule has 1 saturated carbocycles. The maximum absolute atomic E-state index is 9.42. The SMILES string of the molecule is CN(c1ccnc(C#N)c1-c1cncnc1)C1CCCCC1. The van der Waals surface area contributed by atoms with E-state index in [9.17, 15) is 5.26 Å². The number of aromatic nitrogens is 3. The Morgan fingerprint density at radius 1 is 1.18 bits per heavy atom. The summed E-state index contributed by atoms with van der Waals surface area (Å²) in [5.74, 6) is 0. The molecule has 5 nitrogen and oxygen atoms in total. The van der Waals surface area contributed by atoms with Crippen LogP contribution in [0.2, 0.25) is 0 Å². The van der Waals surface area contributed by atoms with Crippen LogP contribution in [0, 0.1) is 11.3 Å². The highest BCUT2D eigenvalue weighted by Crippen LogP contribution is 2.35. The normalized spacial score (nSPS) is 15.3. The van der Waals surface area contributed by atoms with Crippen molar-refractivity contribution in [3.63, 3.8) is 0 Å². The average molecular weight is 293 g/mol. The zero-order valence-electron chi connectivity index (χ0n) is 12.7. The molecule has 0 atom stereocenters. The van der Waals surface area contributed by atoms with Crippen molar-refractivity contribution in [2.45, 2.75) is 38.1 Å². The number of pyridine rings is 1. The lowest BCUT2D eigenvalue weighted by Gasteiger charge is -2.34. The molecule has 0 unspecified atom stereocenters. The molecule has 1 aliphatic rings. The predicted octanol–water partition coefficient (Wildman–Crippen LogP) is 3.18. The van der Waals surface area contributed by atoms with Crippen LogP contribution in [0.4, 0.5) is 5.69 Å². The molecule has 112 valence electrons. The summed E-state index contributed by atoms with van der Waals surface area (Å²) >= 11 is 0. The molecule has 0 bridgehead atoms. The van der Waals surface area contributed by atoms with Gasteiger partial charge in [0, 0.05) is 48.5 Å². The third-order valence-corrected chi connectivity index (χ3v) is 4.39. The van der Waals surface area contributed by atoms with E-state index >= 15 is 0 Å². The van der Waals surface area contributed by atoms with Gasteiger partial charge < -0.3 is 4.90 Å². The molecule has 3 rings (SSSR count). The van der Waals surface area contributed by atoms with Crippen molar-refractivity contribution in [2.24, 2.45) is 0 Å². The fourth-order valence-electron chi connectivity index (χ4n) is 3.21. The summed E-state index contributed by atoms with van der Waals surface area (Å²) in [6.45, 7) is 0. The largest absolute Gasteiger partial charge is 0.371 e. The molecule has 0 saturated heterocycles. The molecule has 0 aromatic carbocycles. The van der Waals surface area contributed by atoms with Gasteiger partial charge in [0.2, 0.25) is 0 Å². The predicted molar refractivity (Wildman–Crippen MR) is 85.3 cm³/mol. The van der Waals surface area contributed by atoms with Crippen LogP contribution < -0.4 is 4.90 Å². The van der Waals surface area contributed by atoms with Gasteiger partial charge in [-0.1, -0.05) is 19.3 Å². The number of hydrogen-bond donors (Lipinski definition) is 0. The molecule has 0 aliphatic heterocycles. The monoisotopic (exact) mass is 293 g/mol. The summed E-state index contributed by atoms with van der Waals surface area (Å²) in [6, 6.07) is 4.70. The zero-order chi connectivity index (χ0) is 15.4. The standard InChI is InChI=1S/C17H19N5/c1-22(14-5-3-2-4-6-14)16-7-8-21-15(9-18)17(16)13-10-19-12-20-11-13/h7-8,10-12,14H,2-6H2,1H3. The molecule has 0 amide bonds.